The molecule has 0 saturated heterocycles. The van der Waals surface area contributed by atoms with E-state index in [2.05, 4.69) is 0 Å². The van der Waals surface area contributed by atoms with Crippen LogP contribution in [-0.4, -0.2) is 7.11 Å². The Kier molecular flexibility index (Phi) is 6.19. The third-order valence-electron chi connectivity index (χ3n) is 3.99. The molecule has 2 aliphatic carbocycles. The molecular formula is C18H17ClF3OTi. The van der Waals surface area contributed by atoms with Crippen LogP contribution in [0.1, 0.15) is 18.4 Å². The molecule has 0 radical (unpaired) electrons. The molecule has 0 N–H and O–H groups in total. The summed E-state index contributed by atoms with van der Waals surface area (Å²) >= 11 is -2.39. The molecule has 0 spiro atoms. The van der Waals surface area contributed by atoms with Crippen LogP contribution < -0.4 is 8.61 Å². The zero-order valence-corrected chi connectivity index (χ0v) is 15.4. The fraction of sp³-hybridized carbons (Fsp3) is 0.222. The molecule has 0 heterocycles. The summed E-state index contributed by atoms with van der Waals surface area (Å²) < 4.78 is 48.6. The Morgan fingerprint density at radius 2 is 1.58 bits per heavy atom. The van der Waals surface area contributed by atoms with Crippen molar-refractivity contribution >= 4 is 16.3 Å². The Labute approximate surface area is 151 Å². The summed E-state index contributed by atoms with van der Waals surface area (Å²) in [6, 6.07) is 4.40. The first-order valence-corrected chi connectivity index (χ1v) is 9.69. The normalized spacial score (nSPS) is 15.8. The van der Waals surface area contributed by atoms with Gasteiger partial charge in [0.1, 0.15) is 0 Å². The Balaban J connectivity index is 0.00000208. The fourth-order valence-electron chi connectivity index (χ4n) is 2.92. The molecule has 0 unspecified atom stereocenters. The third kappa shape index (κ3) is 3.88. The van der Waals surface area contributed by atoms with Crippen molar-refractivity contribution in [2.45, 2.75) is 19.0 Å². The zero-order chi connectivity index (χ0) is 16.4. The topological polar surface area (TPSA) is 9.23 Å². The van der Waals surface area contributed by atoms with E-state index in [1.807, 2.05) is 36.5 Å². The van der Waals surface area contributed by atoms with Crippen LogP contribution in [0.4, 0.5) is 13.2 Å². The molecule has 127 valence electrons. The van der Waals surface area contributed by atoms with Gasteiger partial charge in [-0.3, -0.25) is 0 Å². The van der Waals surface area contributed by atoms with E-state index in [1.165, 1.54) is 7.11 Å². The van der Waals surface area contributed by atoms with Gasteiger partial charge >= 0.3 is 139 Å². The van der Waals surface area contributed by atoms with Crippen LogP contribution >= 0.6 is 12.4 Å². The fourth-order valence-corrected chi connectivity index (χ4v) is 7.62. The second-order valence-electron chi connectivity index (χ2n) is 5.43. The predicted octanol–water partition coefficient (Wildman–Crippen LogP) is 5.07. The summed E-state index contributed by atoms with van der Waals surface area (Å²) in [5, 5.41) is 0. The second-order valence-corrected chi connectivity index (χ2v) is 9.45. The number of allylic oxidation sites excluding steroid dienone is 8. The minimum Gasteiger partial charge on any atom is -0.147 e. The summed E-state index contributed by atoms with van der Waals surface area (Å²) in [4.78, 5) is 0. The summed E-state index contributed by atoms with van der Waals surface area (Å²) in [6.45, 7) is 0. The van der Waals surface area contributed by atoms with Crippen LogP contribution in [0.15, 0.2) is 62.4 Å². The maximum atomic E-state index is 13.6. The monoisotopic (exact) mass is 389 g/mol. The molecule has 1 nitrogen and oxygen atoms in total. The van der Waals surface area contributed by atoms with Crippen molar-refractivity contribution in [2.24, 2.45) is 0 Å². The van der Waals surface area contributed by atoms with E-state index in [9.17, 15) is 13.2 Å². The molecule has 2 aliphatic rings. The van der Waals surface area contributed by atoms with Gasteiger partial charge in [0.15, 0.2) is 0 Å². The average Bonchev–Trinajstić information content (AvgIpc) is 3.20. The van der Waals surface area contributed by atoms with Gasteiger partial charge in [-0.2, -0.15) is 0 Å². The number of benzene rings is 1. The molecule has 0 saturated carbocycles. The molecule has 1 aromatic carbocycles. The van der Waals surface area contributed by atoms with Gasteiger partial charge in [-0.05, 0) is 0 Å². The van der Waals surface area contributed by atoms with Gasteiger partial charge in [0.05, 0.1) is 0 Å². The minimum absolute atomic E-state index is 0. The van der Waals surface area contributed by atoms with Gasteiger partial charge in [-0.1, -0.05) is 0 Å². The van der Waals surface area contributed by atoms with E-state index in [1.54, 1.807) is 12.1 Å². The number of halogens is 4. The first-order valence-electron chi connectivity index (χ1n) is 7.35. The van der Waals surface area contributed by atoms with Crippen molar-refractivity contribution in [2.75, 3.05) is 7.11 Å². The van der Waals surface area contributed by atoms with Crippen molar-refractivity contribution in [3.63, 3.8) is 0 Å². The van der Waals surface area contributed by atoms with Crippen LogP contribution in [0.2, 0.25) is 0 Å². The van der Waals surface area contributed by atoms with Crippen molar-refractivity contribution in [1.29, 1.82) is 0 Å². The first kappa shape index (κ1) is 19.1. The largest absolute Gasteiger partial charge is 0.147 e. The van der Waals surface area contributed by atoms with E-state index in [4.69, 9.17) is 4.74 Å². The average molecular weight is 390 g/mol. The SMILES string of the molecule is COc1cc[c]([Ti]([C]2=CC=CC2)[C]2=CC=CC2)c(C(F)(F)F)c1.Cl. The quantitative estimate of drug-likeness (QED) is 0.654. The van der Waals surface area contributed by atoms with Gasteiger partial charge in [-0.25, -0.2) is 0 Å². The minimum atomic E-state index is -4.37. The number of alkyl halides is 3. The summed E-state index contributed by atoms with van der Waals surface area (Å²) in [5.41, 5.74) is -0.549. The van der Waals surface area contributed by atoms with Crippen molar-refractivity contribution < 1.29 is 35.8 Å². The van der Waals surface area contributed by atoms with Crippen molar-refractivity contribution in [1.82, 2.24) is 0 Å². The van der Waals surface area contributed by atoms with Crippen LogP contribution in [0.25, 0.3) is 0 Å². The molecule has 3 rings (SSSR count). The maximum absolute atomic E-state index is 13.6. The summed E-state index contributed by atoms with van der Waals surface area (Å²) in [5.74, 6) is 0.246. The van der Waals surface area contributed by atoms with Gasteiger partial charge in [0.2, 0.25) is 0 Å². The van der Waals surface area contributed by atoms with Crippen molar-refractivity contribution in [3.05, 3.63) is 68.0 Å². The summed E-state index contributed by atoms with van der Waals surface area (Å²) in [6.07, 6.45) is 9.07. The van der Waals surface area contributed by atoms with Crippen LogP contribution in [0, 0.1) is 0 Å². The van der Waals surface area contributed by atoms with E-state index in [-0.39, 0.29) is 18.2 Å². The van der Waals surface area contributed by atoms with Gasteiger partial charge in [0, 0.05) is 0 Å². The van der Waals surface area contributed by atoms with E-state index in [0.29, 0.717) is 3.87 Å². The van der Waals surface area contributed by atoms with Gasteiger partial charge < -0.3 is 0 Å². The molecule has 6 heteroatoms. The first-order chi connectivity index (χ1) is 11.0. The Morgan fingerprint density at radius 3 is 2.00 bits per heavy atom. The van der Waals surface area contributed by atoms with E-state index >= 15 is 0 Å². The van der Waals surface area contributed by atoms with E-state index < -0.39 is 29.6 Å². The molecule has 0 fully saturated rings. The number of methoxy groups -OCH3 is 1. The molecular weight excluding hydrogens is 373 g/mol. The number of ether oxygens (including phenoxy) is 1. The summed E-state index contributed by atoms with van der Waals surface area (Å²) in [7, 11) is 1.39. The van der Waals surface area contributed by atoms with Gasteiger partial charge in [0.25, 0.3) is 0 Å². The molecule has 0 aromatic heterocycles. The maximum Gasteiger partial charge on any atom is -0.147 e. The third-order valence-corrected chi connectivity index (χ3v) is 8.67. The molecule has 0 amide bonds. The number of hydrogen-bond acceptors (Lipinski definition) is 1. The van der Waals surface area contributed by atoms with Crippen LogP contribution in [0.5, 0.6) is 5.75 Å². The standard InChI is InChI=1S/C8H6F3O.2C5H5.ClH.Ti/c1-12-7-4-2-3-6(5-7)8(9,10)11;2*1-2-4-5-3-1;;/h2,4-5H,1H3;2*1-3H,4H2;1H;. The van der Waals surface area contributed by atoms with Crippen LogP contribution in [-0.2, 0) is 24.0 Å². The van der Waals surface area contributed by atoms with Crippen molar-refractivity contribution in [3.8, 4) is 5.75 Å². The predicted molar refractivity (Wildman–Crippen MR) is 88.6 cm³/mol. The zero-order valence-electron chi connectivity index (χ0n) is 13.1. The van der Waals surface area contributed by atoms with Crippen LogP contribution in [0.3, 0.4) is 0 Å². The second kappa shape index (κ2) is 7.77. The molecule has 0 atom stereocenters. The molecule has 24 heavy (non-hydrogen) atoms. The smallest absolute Gasteiger partial charge is 0.147 e. The number of rotatable bonds is 4. The molecule has 1 aromatic rings. The van der Waals surface area contributed by atoms with E-state index in [0.717, 1.165) is 26.7 Å². The Bertz CT molecular complexity index is 702. The number of hydrogen-bond donors (Lipinski definition) is 0. The Hall–Kier alpha value is -1.23. The van der Waals surface area contributed by atoms with Gasteiger partial charge in [-0.15, -0.1) is 12.4 Å². The Morgan fingerprint density at radius 1 is 1.00 bits per heavy atom. The molecule has 0 aliphatic heterocycles. The molecule has 0 bridgehead atoms.